The Labute approximate surface area is 76.1 Å². The van der Waals surface area contributed by atoms with Gasteiger partial charge in [-0.05, 0) is 0 Å². The van der Waals surface area contributed by atoms with E-state index in [0.717, 1.165) is 0 Å². The van der Waals surface area contributed by atoms with Gasteiger partial charge < -0.3 is 0 Å². The third kappa shape index (κ3) is 8.83. The molecule has 1 atom stereocenters. The molecule has 0 nitrogen and oxygen atoms in total. The molecule has 4 heteroatoms. The summed E-state index contributed by atoms with van der Waals surface area (Å²) >= 11 is 0. The summed E-state index contributed by atoms with van der Waals surface area (Å²) in [6.07, 6.45) is 0. The molecule has 0 bridgehead atoms. The van der Waals surface area contributed by atoms with Crippen LogP contribution in [-0.2, 0) is 0 Å². The van der Waals surface area contributed by atoms with Gasteiger partial charge >= 0.3 is 77.0 Å². The van der Waals surface area contributed by atoms with Gasteiger partial charge in [0.15, 0.2) is 0 Å². The van der Waals surface area contributed by atoms with Crippen molar-refractivity contribution in [1.82, 2.24) is 0 Å². The predicted octanol–water partition coefficient (Wildman–Crippen LogP) is -4.74. The van der Waals surface area contributed by atoms with Crippen LogP contribution in [0.4, 0.5) is 0 Å². The summed E-state index contributed by atoms with van der Waals surface area (Å²) in [7, 11) is 0. The molecule has 0 aromatic carbocycles. The summed E-state index contributed by atoms with van der Waals surface area (Å²) in [5.74, 6) is 0. The average molecular weight is 360 g/mol. The van der Waals surface area contributed by atoms with Crippen LogP contribution in [0.15, 0.2) is 0 Å². The van der Waals surface area contributed by atoms with Crippen LogP contribution in [0.25, 0.3) is 0 Å². The van der Waals surface area contributed by atoms with Crippen molar-refractivity contribution in [2.24, 2.45) is 0 Å². The molecular formula is H12AsGeSbSe. The summed E-state index contributed by atoms with van der Waals surface area (Å²) in [6.45, 7) is 0. The van der Waals surface area contributed by atoms with Crippen molar-refractivity contribution in [3.8, 4) is 0 Å². The van der Waals surface area contributed by atoms with Crippen LogP contribution in [0.1, 0.15) is 0 Å². The van der Waals surface area contributed by atoms with E-state index < -0.39 is 0 Å². The van der Waals surface area contributed by atoms with Crippen LogP contribution in [0.3, 0.4) is 0 Å². The molecule has 0 aliphatic rings. The predicted molar refractivity (Wildman–Crippen MR) is 39.8 cm³/mol. The van der Waals surface area contributed by atoms with E-state index in [1.165, 1.54) is 0 Å². The van der Waals surface area contributed by atoms with Gasteiger partial charge in [-0.1, -0.05) is 0 Å². The second kappa shape index (κ2) is 18.0. The summed E-state index contributed by atoms with van der Waals surface area (Å²) in [6, 6.07) is 0. The SMILES string of the molecule is [AsH3].[GeH4].[SbH3].[SeH2]. The second-order valence-corrected chi connectivity index (χ2v) is 0. The van der Waals surface area contributed by atoms with E-state index >= 15 is 0 Å². The van der Waals surface area contributed by atoms with Gasteiger partial charge in [0.25, 0.3) is 0 Å². The number of hydrogen-bond donors (Lipinski definition) is 0. The Morgan fingerprint density at radius 1 is 1.00 bits per heavy atom. The molecule has 0 saturated heterocycles. The van der Waals surface area contributed by atoms with E-state index in [0.29, 0.717) is 0 Å². The van der Waals surface area contributed by atoms with Crippen molar-refractivity contribution in [2.45, 2.75) is 0 Å². The molecule has 0 aliphatic heterocycles. The third-order valence-corrected chi connectivity index (χ3v) is 0. The summed E-state index contributed by atoms with van der Waals surface area (Å²) in [5, 5.41) is 0. The van der Waals surface area contributed by atoms with E-state index in [1.807, 2.05) is 0 Å². The van der Waals surface area contributed by atoms with Crippen LogP contribution in [0.5, 0.6) is 0 Å². The molecule has 0 aromatic heterocycles. The van der Waals surface area contributed by atoms with E-state index in [4.69, 9.17) is 0 Å². The standard InChI is InChI=1S/AsH3.GeH4.Sb.H2Se.3H/h1H3;1H4;;1H2;;;. The maximum absolute atomic E-state index is 0. The summed E-state index contributed by atoms with van der Waals surface area (Å²) < 4.78 is 0. The Balaban J connectivity index is 0. The van der Waals surface area contributed by atoms with Gasteiger partial charge in [0.05, 0.1) is 0 Å². The molecule has 0 aromatic rings. The van der Waals surface area contributed by atoms with Gasteiger partial charge in [0, 0.05) is 0 Å². The van der Waals surface area contributed by atoms with Gasteiger partial charge in [-0.15, -0.1) is 0 Å². The zero-order valence-corrected chi connectivity index (χ0v) is 11.0. The summed E-state index contributed by atoms with van der Waals surface area (Å²) in [4.78, 5) is 0. The Bertz CT molecular complexity index is 8.00. The minimum absolute atomic E-state index is 0. The maximum atomic E-state index is 0. The molecule has 32 valence electrons. The second-order valence-electron chi connectivity index (χ2n) is 0. The fraction of sp³-hybridized carbons (Fsp3) is 0. The first kappa shape index (κ1) is 32.0. The van der Waals surface area contributed by atoms with Crippen LogP contribution in [-0.4, -0.2) is 77.0 Å². The molecule has 0 heterocycles. The fourth-order valence-electron chi connectivity index (χ4n) is 0. The van der Waals surface area contributed by atoms with Crippen molar-refractivity contribution >= 4 is 77.0 Å². The first-order chi connectivity index (χ1) is 0. The van der Waals surface area contributed by atoms with Gasteiger partial charge in [0.1, 0.15) is 0 Å². The molecule has 0 N–H and O–H groups in total. The molecular weight excluding hydrogens is 348 g/mol. The van der Waals surface area contributed by atoms with Crippen molar-refractivity contribution in [3.05, 3.63) is 0 Å². The first-order valence-corrected chi connectivity index (χ1v) is 0. The van der Waals surface area contributed by atoms with E-state index in [9.17, 15) is 0 Å². The molecule has 0 saturated carbocycles. The van der Waals surface area contributed by atoms with E-state index in [1.54, 1.807) is 0 Å². The molecule has 0 aliphatic carbocycles. The molecule has 1 unspecified atom stereocenters. The first-order valence-electron chi connectivity index (χ1n) is 0. The van der Waals surface area contributed by atoms with Gasteiger partial charge in [0.2, 0.25) is 0 Å². The van der Waals surface area contributed by atoms with Gasteiger partial charge in [-0.2, -0.15) is 0 Å². The number of rotatable bonds is 0. The number of hydrogen-bond acceptors (Lipinski definition) is 0. The Hall–Kier alpha value is 2.44. The van der Waals surface area contributed by atoms with Crippen LogP contribution in [0, 0.1) is 0 Å². The third-order valence-electron chi connectivity index (χ3n) is 0. The van der Waals surface area contributed by atoms with Crippen LogP contribution in [0.2, 0.25) is 0 Å². The van der Waals surface area contributed by atoms with Crippen molar-refractivity contribution in [2.75, 3.05) is 0 Å². The van der Waals surface area contributed by atoms with Gasteiger partial charge in [-0.3, -0.25) is 0 Å². The minimum atomic E-state index is 0. The zero-order valence-electron chi connectivity index (χ0n) is 1.91. The van der Waals surface area contributed by atoms with Crippen LogP contribution < -0.4 is 0 Å². The fourth-order valence-corrected chi connectivity index (χ4v) is 0. The van der Waals surface area contributed by atoms with Gasteiger partial charge in [-0.25, -0.2) is 0 Å². The molecule has 0 amide bonds. The van der Waals surface area contributed by atoms with E-state index in [2.05, 4.69) is 0 Å². The normalized spacial score (nSPS) is 0. The molecule has 0 rings (SSSR count). The summed E-state index contributed by atoms with van der Waals surface area (Å²) in [5.41, 5.74) is 0. The van der Waals surface area contributed by atoms with Crippen molar-refractivity contribution < 1.29 is 0 Å². The molecule has 0 radical (unpaired) electrons. The molecule has 0 fully saturated rings. The van der Waals surface area contributed by atoms with Crippen LogP contribution >= 0.6 is 0 Å². The topological polar surface area (TPSA) is 0 Å². The Morgan fingerprint density at radius 3 is 1.00 bits per heavy atom. The monoisotopic (exact) mass is 362 g/mol. The molecule has 4 heavy (non-hydrogen) atoms. The molecule has 0 spiro atoms. The Morgan fingerprint density at radius 2 is 1.00 bits per heavy atom. The van der Waals surface area contributed by atoms with E-state index in [-0.39, 0.29) is 77.0 Å². The van der Waals surface area contributed by atoms with Crippen molar-refractivity contribution in [1.29, 1.82) is 0 Å². The Kier molecular flexibility index (Phi) is 144. The zero-order chi connectivity index (χ0) is 0. The quantitative estimate of drug-likeness (QED) is 0.381. The average Bonchev–Trinajstić information content (AvgIpc) is 0. The van der Waals surface area contributed by atoms with Crippen molar-refractivity contribution in [3.63, 3.8) is 0 Å².